The second-order valence-corrected chi connectivity index (χ2v) is 8.52. The van der Waals surface area contributed by atoms with Crippen LogP contribution in [-0.2, 0) is 10.3 Å². The Balaban J connectivity index is 1.65. The third-order valence-corrected chi connectivity index (χ3v) is 6.25. The van der Waals surface area contributed by atoms with Crippen molar-refractivity contribution >= 4 is 12.0 Å². The first-order chi connectivity index (χ1) is 15.9. The molecule has 2 heterocycles. The van der Waals surface area contributed by atoms with Crippen molar-refractivity contribution in [1.82, 2.24) is 14.5 Å². The van der Waals surface area contributed by atoms with E-state index in [-0.39, 0.29) is 18.3 Å². The maximum atomic E-state index is 13.5. The molecule has 1 saturated heterocycles. The van der Waals surface area contributed by atoms with Crippen LogP contribution in [0, 0.1) is 12.7 Å². The summed E-state index contributed by atoms with van der Waals surface area (Å²) in [4.78, 5) is 19.4. The van der Waals surface area contributed by atoms with Gasteiger partial charge in [-0.1, -0.05) is 18.2 Å². The van der Waals surface area contributed by atoms with Gasteiger partial charge in [-0.15, -0.1) is 0 Å². The van der Waals surface area contributed by atoms with E-state index in [2.05, 4.69) is 4.98 Å². The molecule has 1 aliphatic rings. The summed E-state index contributed by atoms with van der Waals surface area (Å²) in [5.41, 5.74) is 3.04. The number of carbonyl (C=O) groups excluding carboxylic acids is 1. The number of imidazole rings is 1. The summed E-state index contributed by atoms with van der Waals surface area (Å²) in [6.45, 7) is 4.00. The standard InChI is InChI=1S/C26H28FN3O3/c1-18-15-29(17-28-18)23-11-6-19(14-24(23)33-3)13-20-5-4-12-30(25(20)32)26(2,16-31)21-7-9-22(27)10-8-21/h6-11,13-15,17,31H,4-5,12,16H2,1-3H3. The lowest BCUT2D eigenvalue weighted by Crippen LogP contribution is -2.52. The van der Waals surface area contributed by atoms with Crippen LogP contribution < -0.4 is 4.74 Å². The van der Waals surface area contributed by atoms with Gasteiger partial charge in [0.05, 0.1) is 37.0 Å². The third-order valence-electron chi connectivity index (χ3n) is 6.25. The van der Waals surface area contributed by atoms with Crippen molar-refractivity contribution in [1.29, 1.82) is 0 Å². The second-order valence-electron chi connectivity index (χ2n) is 8.52. The minimum atomic E-state index is -0.939. The molecule has 0 saturated carbocycles. The van der Waals surface area contributed by atoms with Crippen molar-refractivity contribution in [2.24, 2.45) is 0 Å². The number of aliphatic hydroxyl groups is 1. The highest BCUT2D eigenvalue weighted by molar-refractivity contribution is 5.99. The molecule has 1 fully saturated rings. The zero-order valence-electron chi connectivity index (χ0n) is 19.1. The van der Waals surface area contributed by atoms with E-state index in [4.69, 9.17) is 4.74 Å². The molecule has 4 rings (SSSR count). The molecule has 1 aromatic heterocycles. The van der Waals surface area contributed by atoms with Crippen molar-refractivity contribution in [2.75, 3.05) is 20.3 Å². The summed E-state index contributed by atoms with van der Waals surface area (Å²) in [6, 6.07) is 11.7. The number of halogens is 1. The van der Waals surface area contributed by atoms with Gasteiger partial charge >= 0.3 is 0 Å². The van der Waals surface area contributed by atoms with Crippen LogP contribution in [-0.4, -0.2) is 45.7 Å². The summed E-state index contributed by atoms with van der Waals surface area (Å²) in [5, 5.41) is 10.2. The van der Waals surface area contributed by atoms with Crippen molar-refractivity contribution < 1.29 is 19.0 Å². The summed E-state index contributed by atoms with van der Waals surface area (Å²) in [6.07, 6.45) is 6.95. The van der Waals surface area contributed by atoms with E-state index in [1.54, 1.807) is 30.5 Å². The number of rotatable bonds is 6. The molecule has 1 unspecified atom stereocenters. The number of nitrogens with zero attached hydrogens (tertiary/aromatic N) is 3. The molecule has 1 N–H and O–H groups in total. The van der Waals surface area contributed by atoms with Crippen molar-refractivity contribution in [3.05, 3.63) is 83.2 Å². The predicted octanol–water partition coefficient (Wildman–Crippen LogP) is 4.24. The molecule has 33 heavy (non-hydrogen) atoms. The molecule has 0 spiro atoms. The normalized spacial score (nSPS) is 17.3. The average Bonchev–Trinajstić information content (AvgIpc) is 3.26. The fourth-order valence-corrected chi connectivity index (χ4v) is 4.31. The lowest BCUT2D eigenvalue weighted by molar-refractivity contribution is -0.137. The van der Waals surface area contributed by atoms with Crippen LogP contribution in [0.15, 0.2) is 60.6 Å². The molecule has 0 aliphatic carbocycles. The maximum Gasteiger partial charge on any atom is 0.250 e. The van der Waals surface area contributed by atoms with Gasteiger partial charge in [-0.2, -0.15) is 0 Å². The number of hydrogen-bond donors (Lipinski definition) is 1. The van der Waals surface area contributed by atoms with E-state index >= 15 is 0 Å². The minimum Gasteiger partial charge on any atom is -0.495 e. The Hall–Kier alpha value is -3.45. The van der Waals surface area contributed by atoms with Gasteiger partial charge in [-0.25, -0.2) is 9.37 Å². The van der Waals surface area contributed by atoms with Gasteiger partial charge in [-0.05, 0) is 68.2 Å². The molecule has 2 aromatic carbocycles. The fraction of sp³-hybridized carbons (Fsp3) is 0.308. The number of carbonyl (C=O) groups is 1. The van der Waals surface area contributed by atoms with Crippen LogP contribution in [0.2, 0.25) is 0 Å². The molecule has 1 amide bonds. The first-order valence-corrected chi connectivity index (χ1v) is 10.9. The average molecular weight is 450 g/mol. The van der Waals surface area contributed by atoms with E-state index < -0.39 is 5.54 Å². The van der Waals surface area contributed by atoms with Gasteiger partial charge in [0.2, 0.25) is 0 Å². The van der Waals surface area contributed by atoms with Crippen molar-refractivity contribution in [2.45, 2.75) is 32.2 Å². The van der Waals surface area contributed by atoms with Crippen LogP contribution in [0.25, 0.3) is 11.8 Å². The maximum absolute atomic E-state index is 13.5. The highest BCUT2D eigenvalue weighted by atomic mass is 19.1. The fourth-order valence-electron chi connectivity index (χ4n) is 4.31. The molecule has 1 aliphatic heterocycles. The Labute approximate surface area is 192 Å². The van der Waals surface area contributed by atoms with Gasteiger partial charge in [-0.3, -0.25) is 4.79 Å². The Morgan fingerprint density at radius 1 is 1.24 bits per heavy atom. The van der Waals surface area contributed by atoms with E-state index in [1.807, 2.05) is 48.9 Å². The third kappa shape index (κ3) is 4.41. The summed E-state index contributed by atoms with van der Waals surface area (Å²) in [7, 11) is 1.61. The van der Waals surface area contributed by atoms with Gasteiger partial charge in [0.15, 0.2) is 0 Å². The van der Waals surface area contributed by atoms with Crippen LogP contribution in [0.4, 0.5) is 4.39 Å². The van der Waals surface area contributed by atoms with E-state index in [0.29, 0.717) is 29.9 Å². The predicted molar refractivity (Wildman–Crippen MR) is 125 cm³/mol. The van der Waals surface area contributed by atoms with Crippen LogP contribution >= 0.6 is 0 Å². The van der Waals surface area contributed by atoms with Gasteiger partial charge < -0.3 is 19.3 Å². The summed E-state index contributed by atoms with van der Waals surface area (Å²) in [5.74, 6) is 0.191. The van der Waals surface area contributed by atoms with Crippen molar-refractivity contribution in [3.63, 3.8) is 0 Å². The van der Waals surface area contributed by atoms with Gasteiger partial charge in [0.25, 0.3) is 5.91 Å². The number of benzene rings is 2. The zero-order chi connectivity index (χ0) is 23.6. The first kappa shape index (κ1) is 22.7. The lowest BCUT2D eigenvalue weighted by atomic mass is 9.87. The monoisotopic (exact) mass is 449 g/mol. The molecule has 0 bridgehead atoms. The topological polar surface area (TPSA) is 67.6 Å². The number of aryl methyl sites for hydroxylation is 1. The van der Waals surface area contributed by atoms with Crippen molar-refractivity contribution in [3.8, 4) is 11.4 Å². The number of amides is 1. The first-order valence-electron chi connectivity index (χ1n) is 10.9. The molecule has 0 radical (unpaired) electrons. The van der Waals surface area contributed by atoms with Crippen LogP contribution in [0.1, 0.15) is 36.6 Å². The Morgan fingerprint density at radius 3 is 2.64 bits per heavy atom. The summed E-state index contributed by atoms with van der Waals surface area (Å²) >= 11 is 0. The quantitative estimate of drug-likeness (QED) is 0.572. The molecular formula is C26H28FN3O3. The molecule has 3 aromatic rings. The molecule has 6 nitrogen and oxygen atoms in total. The number of aromatic nitrogens is 2. The number of hydrogen-bond acceptors (Lipinski definition) is 4. The number of ether oxygens (including phenoxy) is 1. The number of aliphatic hydroxyl groups excluding tert-OH is 1. The smallest absolute Gasteiger partial charge is 0.250 e. The minimum absolute atomic E-state index is 0.129. The largest absolute Gasteiger partial charge is 0.495 e. The van der Waals surface area contributed by atoms with Crippen LogP contribution in [0.3, 0.4) is 0 Å². The number of piperidine rings is 1. The Morgan fingerprint density at radius 2 is 2.00 bits per heavy atom. The second kappa shape index (κ2) is 9.19. The molecule has 7 heteroatoms. The zero-order valence-corrected chi connectivity index (χ0v) is 19.1. The van der Waals surface area contributed by atoms with Crippen LogP contribution in [0.5, 0.6) is 5.75 Å². The summed E-state index contributed by atoms with van der Waals surface area (Å²) < 4.78 is 20.9. The van der Waals surface area contributed by atoms with E-state index in [1.165, 1.54) is 12.1 Å². The number of methoxy groups -OCH3 is 1. The highest BCUT2D eigenvalue weighted by Gasteiger charge is 2.39. The Kier molecular flexibility index (Phi) is 6.33. The molecular weight excluding hydrogens is 421 g/mol. The number of likely N-dealkylation sites (tertiary alicyclic amines) is 1. The molecule has 1 atom stereocenters. The van der Waals surface area contributed by atoms with E-state index in [9.17, 15) is 14.3 Å². The van der Waals surface area contributed by atoms with Gasteiger partial charge in [0, 0.05) is 18.3 Å². The SMILES string of the molecule is COc1cc(C=C2CCCN(C(C)(CO)c3ccc(F)cc3)C2=O)ccc1-n1cnc(C)c1. The van der Waals surface area contributed by atoms with Gasteiger partial charge in [0.1, 0.15) is 11.6 Å². The Bertz CT molecular complexity index is 1190. The van der Waals surface area contributed by atoms with E-state index in [0.717, 1.165) is 23.4 Å². The highest BCUT2D eigenvalue weighted by Crippen LogP contribution is 2.34. The lowest BCUT2D eigenvalue weighted by Gasteiger charge is -2.43. The molecule has 172 valence electrons.